The van der Waals surface area contributed by atoms with Gasteiger partial charge < -0.3 is 15.0 Å². The number of likely N-dealkylation sites (N-methyl/N-ethyl adjacent to an activating group) is 1. The Balaban J connectivity index is 0.00000220. The first kappa shape index (κ1) is 17.8. The third kappa shape index (κ3) is 5.21. The van der Waals surface area contributed by atoms with Crippen LogP contribution in [0.1, 0.15) is 24.8 Å². The van der Waals surface area contributed by atoms with E-state index in [1.165, 1.54) is 6.42 Å². The smallest absolute Gasteiger partial charge is 0.239 e. The molecule has 1 aromatic carbocycles. The normalized spacial score (nSPS) is 17.7. The molecule has 1 N–H and O–H groups in total. The molecule has 1 aliphatic heterocycles. The number of hydrogen-bond donors (Lipinski definition) is 1. The molecule has 0 unspecified atom stereocenters. The second-order valence-electron chi connectivity index (χ2n) is 5.38. The SMILES string of the molecule is Cc1ccccc1OCCN(C)C(=O)[C@@H]1CCCCN1.Cl. The maximum absolute atomic E-state index is 12.2. The van der Waals surface area contributed by atoms with Crippen molar-refractivity contribution in [1.29, 1.82) is 0 Å². The van der Waals surface area contributed by atoms with Crippen LogP contribution in [0.5, 0.6) is 5.75 Å². The van der Waals surface area contributed by atoms with Crippen LogP contribution in [0.4, 0.5) is 0 Å². The molecule has 0 aliphatic carbocycles. The van der Waals surface area contributed by atoms with E-state index >= 15 is 0 Å². The van der Waals surface area contributed by atoms with Gasteiger partial charge in [-0.1, -0.05) is 24.6 Å². The highest BCUT2D eigenvalue weighted by atomic mass is 35.5. The minimum Gasteiger partial charge on any atom is -0.491 e. The molecule has 5 heteroatoms. The second-order valence-corrected chi connectivity index (χ2v) is 5.38. The van der Waals surface area contributed by atoms with Crippen molar-refractivity contribution in [1.82, 2.24) is 10.2 Å². The van der Waals surface area contributed by atoms with Crippen LogP contribution in [0.25, 0.3) is 0 Å². The van der Waals surface area contributed by atoms with Gasteiger partial charge in [0.1, 0.15) is 12.4 Å². The molecule has 0 aromatic heterocycles. The molecule has 1 saturated heterocycles. The number of carbonyl (C=O) groups excluding carboxylic acids is 1. The molecule has 0 bridgehead atoms. The second kappa shape index (κ2) is 8.90. The molecule has 0 radical (unpaired) electrons. The molecule has 0 spiro atoms. The molecule has 0 saturated carbocycles. The Morgan fingerprint density at radius 1 is 1.38 bits per heavy atom. The quantitative estimate of drug-likeness (QED) is 0.908. The minimum atomic E-state index is -0.00721. The average Bonchev–Trinajstić information content (AvgIpc) is 2.49. The first-order valence-corrected chi connectivity index (χ1v) is 7.35. The Morgan fingerprint density at radius 2 is 2.14 bits per heavy atom. The topological polar surface area (TPSA) is 41.6 Å². The number of aryl methyl sites for hydroxylation is 1. The van der Waals surface area contributed by atoms with E-state index in [-0.39, 0.29) is 24.4 Å². The Hall–Kier alpha value is -1.26. The maximum atomic E-state index is 12.2. The van der Waals surface area contributed by atoms with Crippen LogP contribution >= 0.6 is 12.4 Å². The molecular weight excluding hydrogens is 288 g/mol. The van der Waals surface area contributed by atoms with Crippen molar-refractivity contribution in [3.63, 3.8) is 0 Å². The van der Waals surface area contributed by atoms with Crippen molar-refractivity contribution < 1.29 is 9.53 Å². The molecule has 1 fully saturated rings. The van der Waals surface area contributed by atoms with Gasteiger partial charge in [-0.15, -0.1) is 12.4 Å². The van der Waals surface area contributed by atoms with E-state index in [0.717, 1.165) is 30.7 Å². The van der Waals surface area contributed by atoms with Crippen molar-refractivity contribution in [2.24, 2.45) is 0 Å². The maximum Gasteiger partial charge on any atom is 0.239 e. The van der Waals surface area contributed by atoms with Gasteiger partial charge in [-0.25, -0.2) is 0 Å². The molecule has 2 rings (SSSR count). The van der Waals surface area contributed by atoms with Crippen molar-refractivity contribution in [3.05, 3.63) is 29.8 Å². The lowest BCUT2D eigenvalue weighted by Crippen LogP contribution is -2.48. The fourth-order valence-corrected chi connectivity index (χ4v) is 2.45. The number of nitrogens with one attached hydrogen (secondary N) is 1. The highest BCUT2D eigenvalue weighted by Gasteiger charge is 2.23. The third-order valence-electron chi connectivity index (χ3n) is 3.76. The highest BCUT2D eigenvalue weighted by Crippen LogP contribution is 2.16. The largest absolute Gasteiger partial charge is 0.491 e. The van der Waals surface area contributed by atoms with E-state index < -0.39 is 0 Å². The number of rotatable bonds is 5. The summed E-state index contributed by atoms with van der Waals surface area (Å²) in [6, 6.07) is 7.93. The first-order chi connectivity index (χ1) is 9.68. The predicted octanol–water partition coefficient (Wildman–Crippen LogP) is 2.40. The van der Waals surface area contributed by atoms with Gasteiger partial charge in [0.25, 0.3) is 0 Å². The summed E-state index contributed by atoms with van der Waals surface area (Å²) in [4.78, 5) is 14.0. The lowest BCUT2D eigenvalue weighted by Gasteiger charge is -2.27. The fourth-order valence-electron chi connectivity index (χ4n) is 2.45. The van der Waals surface area contributed by atoms with E-state index in [0.29, 0.717) is 13.2 Å². The standard InChI is InChI=1S/C16H24N2O2.ClH/c1-13-7-3-4-9-15(13)20-12-11-18(2)16(19)14-8-5-6-10-17-14;/h3-4,7,9,14,17H,5-6,8,10-12H2,1-2H3;1H/t14-;/m0./s1. The van der Waals surface area contributed by atoms with Crippen LogP contribution in [0.3, 0.4) is 0 Å². The number of halogens is 1. The highest BCUT2D eigenvalue weighted by molar-refractivity contribution is 5.85. The van der Waals surface area contributed by atoms with E-state index in [2.05, 4.69) is 5.32 Å². The average molecular weight is 313 g/mol. The first-order valence-electron chi connectivity index (χ1n) is 7.35. The van der Waals surface area contributed by atoms with E-state index in [1.54, 1.807) is 4.90 Å². The molecule has 1 aromatic rings. The number of ether oxygens (including phenoxy) is 1. The molecule has 1 atom stereocenters. The molecule has 1 heterocycles. The lowest BCUT2D eigenvalue weighted by molar-refractivity contribution is -0.133. The minimum absolute atomic E-state index is 0. The van der Waals surface area contributed by atoms with Crippen LogP contribution in [0.15, 0.2) is 24.3 Å². The van der Waals surface area contributed by atoms with Gasteiger partial charge in [0.15, 0.2) is 0 Å². The summed E-state index contributed by atoms with van der Waals surface area (Å²) in [5.41, 5.74) is 1.12. The summed E-state index contributed by atoms with van der Waals surface area (Å²) in [5.74, 6) is 1.07. The molecular formula is C16H25ClN2O2. The van der Waals surface area contributed by atoms with Crippen LogP contribution in [0.2, 0.25) is 0 Å². The third-order valence-corrected chi connectivity index (χ3v) is 3.76. The summed E-state index contributed by atoms with van der Waals surface area (Å²) in [6.07, 6.45) is 3.25. The van der Waals surface area contributed by atoms with Gasteiger partial charge in [0.2, 0.25) is 5.91 Å². The van der Waals surface area contributed by atoms with Crippen molar-refractivity contribution in [2.45, 2.75) is 32.2 Å². The summed E-state index contributed by atoms with van der Waals surface area (Å²) in [7, 11) is 1.85. The number of para-hydroxylation sites is 1. The zero-order valence-electron chi connectivity index (χ0n) is 12.8. The number of nitrogens with zero attached hydrogens (tertiary/aromatic N) is 1. The van der Waals surface area contributed by atoms with Crippen LogP contribution in [-0.4, -0.2) is 43.6 Å². The summed E-state index contributed by atoms with van der Waals surface area (Å²) in [6.45, 7) is 4.12. The van der Waals surface area contributed by atoms with E-state index in [1.807, 2.05) is 38.2 Å². The summed E-state index contributed by atoms with van der Waals surface area (Å²) >= 11 is 0. The van der Waals surface area contributed by atoms with E-state index in [9.17, 15) is 4.79 Å². The van der Waals surface area contributed by atoms with Crippen molar-refractivity contribution in [2.75, 3.05) is 26.7 Å². The van der Waals surface area contributed by atoms with Crippen LogP contribution in [0, 0.1) is 6.92 Å². The molecule has 1 aliphatic rings. The molecule has 1 amide bonds. The molecule has 118 valence electrons. The number of carbonyl (C=O) groups is 1. The van der Waals surface area contributed by atoms with Gasteiger partial charge in [-0.3, -0.25) is 4.79 Å². The Bertz CT molecular complexity index is 448. The van der Waals surface area contributed by atoms with Gasteiger partial charge in [-0.05, 0) is 37.9 Å². The predicted molar refractivity (Wildman–Crippen MR) is 87.2 cm³/mol. The van der Waals surface area contributed by atoms with Gasteiger partial charge in [0.05, 0.1) is 12.6 Å². The fraction of sp³-hybridized carbons (Fsp3) is 0.562. The van der Waals surface area contributed by atoms with E-state index in [4.69, 9.17) is 4.74 Å². The number of amides is 1. The van der Waals surface area contributed by atoms with Crippen molar-refractivity contribution >= 4 is 18.3 Å². The van der Waals surface area contributed by atoms with Crippen molar-refractivity contribution in [3.8, 4) is 5.75 Å². The Kier molecular flexibility index (Phi) is 7.54. The zero-order chi connectivity index (χ0) is 14.4. The summed E-state index contributed by atoms with van der Waals surface area (Å²) in [5, 5.41) is 3.28. The monoisotopic (exact) mass is 312 g/mol. The number of piperidine rings is 1. The zero-order valence-corrected chi connectivity index (χ0v) is 13.6. The molecule has 4 nitrogen and oxygen atoms in total. The lowest BCUT2D eigenvalue weighted by atomic mass is 10.0. The van der Waals surface area contributed by atoms with Gasteiger partial charge >= 0.3 is 0 Å². The number of hydrogen-bond acceptors (Lipinski definition) is 3. The van der Waals surface area contributed by atoms with Gasteiger partial charge in [-0.2, -0.15) is 0 Å². The Morgan fingerprint density at radius 3 is 2.81 bits per heavy atom. The van der Waals surface area contributed by atoms with Crippen LogP contribution < -0.4 is 10.1 Å². The van der Waals surface area contributed by atoms with Crippen LogP contribution in [-0.2, 0) is 4.79 Å². The molecule has 21 heavy (non-hydrogen) atoms. The Labute approximate surface area is 133 Å². The number of benzene rings is 1. The van der Waals surface area contributed by atoms with Gasteiger partial charge in [0, 0.05) is 7.05 Å². The summed E-state index contributed by atoms with van der Waals surface area (Å²) < 4.78 is 5.73.